The maximum Gasteiger partial charge on any atom is 0.259 e. The smallest absolute Gasteiger partial charge is 0.259 e. The number of aromatic nitrogens is 1. The van der Waals surface area contributed by atoms with Gasteiger partial charge in [0.25, 0.3) is 5.56 Å². The molecule has 4 rings (SSSR count). The second-order valence-electron chi connectivity index (χ2n) is 8.98. The summed E-state index contributed by atoms with van der Waals surface area (Å²) in [6, 6.07) is 17.4. The van der Waals surface area contributed by atoms with E-state index in [1.54, 1.807) is 17.7 Å². The average molecular weight is 448 g/mol. The van der Waals surface area contributed by atoms with Gasteiger partial charge in [-0.05, 0) is 50.2 Å². The molecule has 0 saturated carbocycles. The fourth-order valence-corrected chi connectivity index (χ4v) is 4.52. The van der Waals surface area contributed by atoms with E-state index in [9.17, 15) is 9.90 Å². The summed E-state index contributed by atoms with van der Waals surface area (Å²) in [5.74, 6) is 0.844. The lowest BCUT2D eigenvalue weighted by molar-refractivity contribution is 0.125. The maximum absolute atomic E-state index is 13.9. The minimum atomic E-state index is -0.297. The van der Waals surface area contributed by atoms with Crippen molar-refractivity contribution in [1.29, 1.82) is 0 Å². The Labute approximate surface area is 195 Å². The Morgan fingerprint density at radius 1 is 0.970 bits per heavy atom. The number of nitrogens with zero attached hydrogens (tertiary/aromatic N) is 3. The predicted octanol–water partition coefficient (Wildman–Crippen LogP) is 3.56. The molecule has 1 aliphatic heterocycles. The van der Waals surface area contributed by atoms with Crippen molar-refractivity contribution in [1.82, 2.24) is 14.4 Å². The molecule has 0 amide bonds. The average Bonchev–Trinajstić information content (AvgIpc) is 2.81. The van der Waals surface area contributed by atoms with E-state index in [4.69, 9.17) is 4.74 Å². The number of ether oxygens (including phenoxy) is 1. The number of rotatable bonds is 6. The fourth-order valence-electron chi connectivity index (χ4n) is 4.52. The quantitative estimate of drug-likeness (QED) is 0.626. The van der Waals surface area contributed by atoms with Gasteiger partial charge in [-0.2, -0.15) is 0 Å². The fraction of sp³-hybridized carbons (Fsp3) is 0.370. The molecule has 1 N–H and O–H groups in total. The molecular weight excluding hydrogens is 414 g/mol. The molecule has 3 aromatic rings. The van der Waals surface area contributed by atoms with Gasteiger partial charge >= 0.3 is 0 Å². The largest absolute Gasteiger partial charge is 0.507 e. The zero-order chi connectivity index (χ0) is 23.5. The predicted molar refractivity (Wildman–Crippen MR) is 131 cm³/mol. The van der Waals surface area contributed by atoms with Gasteiger partial charge in [0.15, 0.2) is 0 Å². The number of hydrogen-bond donors (Lipinski definition) is 1. The minimum Gasteiger partial charge on any atom is -0.507 e. The number of benzene rings is 2. The van der Waals surface area contributed by atoms with E-state index >= 15 is 0 Å². The monoisotopic (exact) mass is 447 g/mol. The van der Waals surface area contributed by atoms with Crippen molar-refractivity contribution in [2.75, 3.05) is 40.3 Å². The molecule has 1 fully saturated rings. The van der Waals surface area contributed by atoms with Crippen LogP contribution in [0.3, 0.4) is 0 Å². The molecule has 1 aromatic heterocycles. The number of piperazine rings is 1. The van der Waals surface area contributed by atoms with Gasteiger partial charge in [-0.15, -0.1) is 0 Å². The molecule has 0 radical (unpaired) electrons. The van der Waals surface area contributed by atoms with Gasteiger partial charge < -0.3 is 19.3 Å². The highest BCUT2D eigenvalue weighted by Gasteiger charge is 2.30. The Kier molecular flexibility index (Phi) is 6.86. The second-order valence-corrected chi connectivity index (χ2v) is 8.98. The van der Waals surface area contributed by atoms with Gasteiger partial charge in [-0.25, -0.2) is 0 Å². The van der Waals surface area contributed by atoms with E-state index in [-0.39, 0.29) is 17.4 Å². The van der Waals surface area contributed by atoms with Crippen LogP contribution in [0.2, 0.25) is 0 Å². The van der Waals surface area contributed by atoms with Crippen molar-refractivity contribution < 1.29 is 9.84 Å². The third-order valence-electron chi connectivity index (χ3n) is 6.59. The van der Waals surface area contributed by atoms with Crippen LogP contribution in [0.15, 0.2) is 59.4 Å². The number of likely N-dealkylation sites (N-methyl/N-ethyl adjacent to an activating group) is 1. The molecule has 0 bridgehead atoms. The Balaban J connectivity index is 1.79. The molecule has 1 atom stereocenters. The highest BCUT2D eigenvalue weighted by Crippen LogP contribution is 2.33. The van der Waals surface area contributed by atoms with Gasteiger partial charge in [0.05, 0.1) is 25.3 Å². The zero-order valence-electron chi connectivity index (χ0n) is 19.9. The van der Waals surface area contributed by atoms with Gasteiger partial charge in [0, 0.05) is 31.9 Å². The van der Waals surface area contributed by atoms with Crippen LogP contribution in [0.4, 0.5) is 0 Å². The lowest BCUT2D eigenvalue weighted by atomic mass is 9.95. The van der Waals surface area contributed by atoms with Crippen LogP contribution in [0.25, 0.3) is 0 Å². The van der Waals surface area contributed by atoms with Crippen LogP contribution in [0.1, 0.15) is 34.0 Å². The molecule has 1 aliphatic rings. The lowest BCUT2D eigenvalue weighted by Crippen LogP contribution is -2.47. The first kappa shape index (κ1) is 23.1. The van der Waals surface area contributed by atoms with E-state index in [0.717, 1.165) is 48.7 Å². The van der Waals surface area contributed by atoms with E-state index in [1.165, 1.54) is 5.56 Å². The van der Waals surface area contributed by atoms with Gasteiger partial charge in [-0.3, -0.25) is 9.69 Å². The molecule has 174 valence electrons. The molecule has 1 saturated heterocycles. The molecule has 2 aromatic carbocycles. The molecular formula is C27H33N3O3. The number of pyridine rings is 1. The summed E-state index contributed by atoms with van der Waals surface area (Å²) in [5, 5.41) is 11.0. The topological polar surface area (TPSA) is 57.9 Å². The van der Waals surface area contributed by atoms with Crippen LogP contribution in [-0.4, -0.2) is 59.8 Å². The molecule has 2 heterocycles. The van der Waals surface area contributed by atoms with E-state index in [2.05, 4.69) is 48.0 Å². The lowest BCUT2D eigenvalue weighted by Gasteiger charge is -2.38. The van der Waals surface area contributed by atoms with Gasteiger partial charge in [0.1, 0.15) is 11.5 Å². The summed E-state index contributed by atoms with van der Waals surface area (Å²) >= 11 is 0. The van der Waals surface area contributed by atoms with E-state index in [1.807, 2.05) is 31.2 Å². The Morgan fingerprint density at radius 2 is 1.61 bits per heavy atom. The van der Waals surface area contributed by atoms with Crippen molar-refractivity contribution in [2.45, 2.75) is 26.4 Å². The van der Waals surface area contributed by atoms with Crippen molar-refractivity contribution in [3.63, 3.8) is 0 Å². The summed E-state index contributed by atoms with van der Waals surface area (Å²) in [4.78, 5) is 18.5. The van der Waals surface area contributed by atoms with Crippen LogP contribution in [0, 0.1) is 13.8 Å². The van der Waals surface area contributed by atoms with Gasteiger partial charge in [-0.1, -0.05) is 42.0 Å². The van der Waals surface area contributed by atoms with Crippen molar-refractivity contribution in [3.05, 3.63) is 92.9 Å². The first-order valence-corrected chi connectivity index (χ1v) is 11.4. The summed E-state index contributed by atoms with van der Waals surface area (Å²) < 4.78 is 7.01. The Hall–Kier alpha value is -3.09. The van der Waals surface area contributed by atoms with Crippen LogP contribution in [0.5, 0.6) is 11.5 Å². The summed E-state index contributed by atoms with van der Waals surface area (Å²) in [5.41, 5.74) is 4.23. The molecule has 0 aliphatic carbocycles. The number of aromatic hydroxyl groups is 1. The standard InChI is InChI=1S/C27H33N3O3/c1-19-5-9-22(10-6-19)26(29-15-13-28(3)14-16-29)25-24(31)17-20(2)30(27(25)32)18-21-7-11-23(33-4)12-8-21/h5-12,17,26,31H,13-16,18H2,1-4H3. The summed E-state index contributed by atoms with van der Waals surface area (Å²) in [6.45, 7) is 7.88. The normalized spacial score (nSPS) is 16.0. The van der Waals surface area contributed by atoms with Crippen molar-refractivity contribution >= 4 is 0 Å². The first-order chi connectivity index (χ1) is 15.9. The summed E-state index contributed by atoms with van der Waals surface area (Å²) in [7, 11) is 3.75. The molecule has 1 unspecified atom stereocenters. The second kappa shape index (κ2) is 9.81. The molecule has 6 nitrogen and oxygen atoms in total. The van der Waals surface area contributed by atoms with Crippen LogP contribution in [-0.2, 0) is 6.54 Å². The SMILES string of the molecule is COc1ccc(Cn2c(C)cc(O)c(C(c3ccc(C)cc3)N3CCN(C)CC3)c2=O)cc1. The third kappa shape index (κ3) is 4.97. The Morgan fingerprint density at radius 3 is 2.21 bits per heavy atom. The number of aryl methyl sites for hydroxylation is 2. The third-order valence-corrected chi connectivity index (χ3v) is 6.59. The maximum atomic E-state index is 13.9. The highest BCUT2D eigenvalue weighted by atomic mass is 16.5. The van der Waals surface area contributed by atoms with E-state index < -0.39 is 0 Å². The van der Waals surface area contributed by atoms with Gasteiger partial charge in [0.2, 0.25) is 0 Å². The highest BCUT2D eigenvalue weighted by molar-refractivity contribution is 5.42. The molecule has 33 heavy (non-hydrogen) atoms. The van der Waals surface area contributed by atoms with Crippen LogP contribution >= 0.6 is 0 Å². The molecule has 6 heteroatoms. The number of methoxy groups -OCH3 is 1. The summed E-state index contributed by atoms with van der Waals surface area (Å²) in [6.07, 6.45) is 0. The van der Waals surface area contributed by atoms with Crippen LogP contribution < -0.4 is 10.3 Å². The Bertz CT molecular complexity index is 1140. The minimum absolute atomic E-state index is 0.0629. The molecule has 0 spiro atoms. The first-order valence-electron chi connectivity index (χ1n) is 11.4. The van der Waals surface area contributed by atoms with E-state index in [0.29, 0.717) is 12.1 Å². The van der Waals surface area contributed by atoms with Crippen molar-refractivity contribution in [3.8, 4) is 11.5 Å². The van der Waals surface area contributed by atoms with Crippen molar-refractivity contribution in [2.24, 2.45) is 0 Å². The zero-order valence-corrected chi connectivity index (χ0v) is 19.9. The number of hydrogen-bond acceptors (Lipinski definition) is 5.